The number of amides is 2. The lowest BCUT2D eigenvalue weighted by Crippen LogP contribution is -2.41. The van der Waals surface area contributed by atoms with Gasteiger partial charge in [-0.25, -0.2) is 9.78 Å². The van der Waals surface area contributed by atoms with Crippen LogP contribution in [0.4, 0.5) is 4.79 Å². The summed E-state index contributed by atoms with van der Waals surface area (Å²) in [7, 11) is 0. The third-order valence-corrected chi connectivity index (χ3v) is 4.08. The molecule has 7 nitrogen and oxygen atoms in total. The largest absolute Gasteiger partial charge is 0.444 e. The quantitative estimate of drug-likeness (QED) is 0.896. The Bertz CT molecular complexity index is 745. The van der Waals surface area contributed by atoms with E-state index < -0.39 is 11.7 Å². The van der Waals surface area contributed by atoms with Crippen molar-refractivity contribution in [3.8, 4) is 0 Å². The van der Waals surface area contributed by atoms with E-state index in [9.17, 15) is 9.59 Å². The van der Waals surface area contributed by atoms with E-state index in [0.29, 0.717) is 6.54 Å². The highest BCUT2D eigenvalue weighted by molar-refractivity contribution is 5.83. The fourth-order valence-corrected chi connectivity index (χ4v) is 3.04. The summed E-state index contributed by atoms with van der Waals surface area (Å²) in [5.74, 6) is 0.665. The molecule has 1 aromatic carbocycles. The second-order valence-electron chi connectivity index (χ2n) is 7.24. The summed E-state index contributed by atoms with van der Waals surface area (Å²) in [6.45, 7) is 5.94. The van der Waals surface area contributed by atoms with Gasteiger partial charge in [-0.2, -0.15) is 0 Å². The van der Waals surface area contributed by atoms with Gasteiger partial charge in [-0.05, 0) is 45.7 Å². The molecule has 7 heteroatoms. The normalized spacial score (nSPS) is 17.7. The maximum Gasteiger partial charge on any atom is 0.408 e. The summed E-state index contributed by atoms with van der Waals surface area (Å²) in [4.78, 5) is 33.9. The molecule has 0 aliphatic carbocycles. The number of benzene rings is 1. The van der Waals surface area contributed by atoms with Crippen molar-refractivity contribution in [2.75, 3.05) is 13.1 Å². The van der Waals surface area contributed by atoms with E-state index in [-0.39, 0.29) is 18.5 Å². The molecule has 1 unspecified atom stereocenters. The number of likely N-dealkylation sites (tertiary alicyclic amines) is 1. The molecule has 3 rings (SSSR count). The van der Waals surface area contributed by atoms with Crippen LogP contribution in [-0.2, 0) is 9.53 Å². The standard InChI is InChI=1S/C18H24N4O3/c1-18(2,3)25-17(24)19-11-15(23)22-10-6-9-14(22)16-20-12-7-4-5-8-13(12)21-16/h4-5,7-8,14H,6,9-11H2,1-3H3,(H,19,24)(H,20,21). The molecule has 1 aromatic heterocycles. The molecule has 1 fully saturated rings. The van der Waals surface area contributed by atoms with E-state index in [1.165, 1.54) is 0 Å². The van der Waals surface area contributed by atoms with Gasteiger partial charge >= 0.3 is 6.09 Å². The molecule has 0 spiro atoms. The highest BCUT2D eigenvalue weighted by Gasteiger charge is 2.32. The SMILES string of the molecule is CC(C)(C)OC(=O)NCC(=O)N1CCCC1c1nc2ccccc2[nH]1. The molecule has 25 heavy (non-hydrogen) atoms. The van der Waals surface area contributed by atoms with Gasteiger partial charge < -0.3 is 19.9 Å². The number of ether oxygens (including phenoxy) is 1. The second kappa shape index (κ2) is 6.74. The number of aromatic amines is 1. The van der Waals surface area contributed by atoms with Crippen molar-refractivity contribution in [1.82, 2.24) is 20.2 Å². The molecule has 1 saturated heterocycles. The average Bonchev–Trinajstić information content (AvgIpc) is 3.16. The van der Waals surface area contributed by atoms with Gasteiger partial charge in [-0.3, -0.25) is 4.79 Å². The number of para-hydroxylation sites is 2. The zero-order valence-corrected chi connectivity index (χ0v) is 14.8. The maximum absolute atomic E-state index is 12.5. The van der Waals surface area contributed by atoms with Crippen LogP contribution in [0.15, 0.2) is 24.3 Å². The zero-order valence-electron chi connectivity index (χ0n) is 14.8. The number of hydrogen-bond donors (Lipinski definition) is 2. The van der Waals surface area contributed by atoms with Crippen LogP contribution in [0.2, 0.25) is 0 Å². The number of hydrogen-bond acceptors (Lipinski definition) is 4. The highest BCUT2D eigenvalue weighted by Crippen LogP contribution is 2.31. The number of nitrogens with zero attached hydrogens (tertiary/aromatic N) is 2. The first-order valence-electron chi connectivity index (χ1n) is 8.54. The van der Waals surface area contributed by atoms with Crippen molar-refractivity contribution < 1.29 is 14.3 Å². The molecule has 134 valence electrons. The van der Waals surface area contributed by atoms with Crippen LogP contribution in [-0.4, -0.2) is 45.6 Å². The Labute approximate surface area is 146 Å². The van der Waals surface area contributed by atoms with Gasteiger partial charge in [-0.1, -0.05) is 12.1 Å². The minimum absolute atomic E-state index is 0.0777. The number of rotatable bonds is 3. The number of fused-ring (bicyclic) bond motifs is 1. The predicted octanol–water partition coefficient (Wildman–Crippen LogP) is 2.75. The molecule has 2 N–H and O–H groups in total. The number of H-pyrrole nitrogens is 1. The molecular weight excluding hydrogens is 320 g/mol. The predicted molar refractivity (Wildman–Crippen MR) is 94.0 cm³/mol. The topological polar surface area (TPSA) is 87.3 Å². The van der Waals surface area contributed by atoms with Crippen molar-refractivity contribution in [3.05, 3.63) is 30.1 Å². The van der Waals surface area contributed by atoms with Crippen molar-refractivity contribution in [2.45, 2.75) is 45.3 Å². The first kappa shape index (κ1) is 17.3. The summed E-state index contributed by atoms with van der Waals surface area (Å²) in [5.41, 5.74) is 1.27. The molecule has 2 heterocycles. The summed E-state index contributed by atoms with van der Waals surface area (Å²) in [6.07, 6.45) is 1.19. The van der Waals surface area contributed by atoms with Crippen LogP contribution in [0.25, 0.3) is 11.0 Å². The Morgan fingerprint density at radius 1 is 1.36 bits per heavy atom. The first-order valence-corrected chi connectivity index (χ1v) is 8.54. The average molecular weight is 344 g/mol. The zero-order chi connectivity index (χ0) is 18.0. The first-order chi connectivity index (χ1) is 11.8. The van der Waals surface area contributed by atoms with Gasteiger partial charge in [0.25, 0.3) is 0 Å². The van der Waals surface area contributed by atoms with Crippen LogP contribution in [0.3, 0.4) is 0 Å². The molecule has 0 bridgehead atoms. The van der Waals surface area contributed by atoms with Crippen LogP contribution < -0.4 is 5.32 Å². The van der Waals surface area contributed by atoms with Crippen molar-refractivity contribution in [3.63, 3.8) is 0 Å². The number of imidazole rings is 1. The number of carbonyl (C=O) groups excluding carboxylic acids is 2. The van der Waals surface area contributed by atoms with Crippen LogP contribution >= 0.6 is 0 Å². The Hall–Kier alpha value is -2.57. The summed E-state index contributed by atoms with van der Waals surface area (Å²) in [6, 6.07) is 7.72. The summed E-state index contributed by atoms with van der Waals surface area (Å²) >= 11 is 0. The van der Waals surface area contributed by atoms with Gasteiger partial charge in [0.2, 0.25) is 5.91 Å². The lowest BCUT2D eigenvalue weighted by atomic mass is 10.2. The molecule has 1 atom stereocenters. The van der Waals surface area contributed by atoms with Crippen molar-refractivity contribution in [1.29, 1.82) is 0 Å². The van der Waals surface area contributed by atoms with Crippen molar-refractivity contribution in [2.24, 2.45) is 0 Å². The fraction of sp³-hybridized carbons (Fsp3) is 0.500. The fourth-order valence-electron chi connectivity index (χ4n) is 3.04. The van der Waals surface area contributed by atoms with E-state index in [1.807, 2.05) is 24.3 Å². The second-order valence-corrected chi connectivity index (χ2v) is 7.24. The summed E-state index contributed by atoms with van der Waals surface area (Å²) in [5, 5.41) is 2.53. The van der Waals surface area contributed by atoms with Crippen LogP contribution in [0, 0.1) is 0 Å². The van der Waals surface area contributed by atoms with Gasteiger partial charge in [-0.15, -0.1) is 0 Å². The lowest BCUT2D eigenvalue weighted by molar-refractivity contribution is -0.131. The molecule has 2 amide bonds. The van der Waals surface area contributed by atoms with Crippen LogP contribution in [0.5, 0.6) is 0 Å². The highest BCUT2D eigenvalue weighted by atomic mass is 16.6. The molecule has 1 aliphatic heterocycles. The van der Waals surface area contributed by atoms with Gasteiger partial charge in [0.15, 0.2) is 0 Å². The third-order valence-electron chi connectivity index (χ3n) is 4.08. The molecule has 0 radical (unpaired) electrons. The van der Waals surface area contributed by atoms with E-state index >= 15 is 0 Å². The minimum atomic E-state index is -0.586. The van der Waals surface area contributed by atoms with Gasteiger partial charge in [0.05, 0.1) is 17.1 Å². The van der Waals surface area contributed by atoms with E-state index in [0.717, 1.165) is 29.7 Å². The van der Waals surface area contributed by atoms with E-state index in [1.54, 1.807) is 25.7 Å². The molecule has 2 aromatic rings. The van der Waals surface area contributed by atoms with Crippen LogP contribution in [0.1, 0.15) is 45.5 Å². The summed E-state index contributed by atoms with van der Waals surface area (Å²) < 4.78 is 5.16. The number of carbonyl (C=O) groups is 2. The maximum atomic E-state index is 12.5. The Morgan fingerprint density at radius 3 is 2.84 bits per heavy atom. The van der Waals surface area contributed by atoms with Gasteiger partial charge in [0.1, 0.15) is 18.0 Å². The smallest absolute Gasteiger partial charge is 0.408 e. The lowest BCUT2D eigenvalue weighted by Gasteiger charge is -2.24. The van der Waals surface area contributed by atoms with Crippen molar-refractivity contribution >= 4 is 23.0 Å². The molecular formula is C18H24N4O3. The van der Waals surface area contributed by atoms with E-state index in [4.69, 9.17) is 4.74 Å². The number of alkyl carbamates (subject to hydrolysis) is 1. The third kappa shape index (κ3) is 4.10. The molecule has 1 aliphatic rings. The van der Waals surface area contributed by atoms with E-state index in [2.05, 4.69) is 15.3 Å². The Kier molecular flexibility index (Phi) is 4.65. The van der Waals surface area contributed by atoms with Gasteiger partial charge in [0, 0.05) is 6.54 Å². The monoisotopic (exact) mass is 344 g/mol. The Morgan fingerprint density at radius 2 is 2.12 bits per heavy atom. The Balaban J connectivity index is 1.64. The molecule has 0 saturated carbocycles. The minimum Gasteiger partial charge on any atom is -0.444 e. The number of aromatic nitrogens is 2. The number of nitrogens with one attached hydrogen (secondary N) is 2.